The van der Waals surface area contributed by atoms with Crippen molar-refractivity contribution < 1.29 is 9.90 Å². The van der Waals surface area contributed by atoms with E-state index in [-0.39, 0.29) is 17.4 Å². The fourth-order valence-corrected chi connectivity index (χ4v) is 5.38. The van der Waals surface area contributed by atoms with Crippen LogP contribution >= 0.6 is 23.1 Å². The molecule has 2 N–H and O–H groups in total. The SMILES string of the molecule is CCc1sc2ncnc(SCC(=O)Nc3cc(C)ccc3O)c2c1-c1ccc(C)cc1. The molecule has 0 unspecified atom stereocenters. The number of amides is 1. The van der Waals surface area contributed by atoms with E-state index in [1.54, 1.807) is 35.9 Å². The van der Waals surface area contributed by atoms with E-state index in [2.05, 4.69) is 53.4 Å². The minimum absolute atomic E-state index is 0.0560. The van der Waals surface area contributed by atoms with E-state index in [4.69, 9.17) is 0 Å². The summed E-state index contributed by atoms with van der Waals surface area (Å²) in [4.78, 5) is 23.7. The summed E-state index contributed by atoms with van der Waals surface area (Å²) in [6, 6.07) is 13.6. The van der Waals surface area contributed by atoms with Gasteiger partial charge in [0, 0.05) is 10.4 Å². The van der Waals surface area contributed by atoms with Gasteiger partial charge in [-0.25, -0.2) is 9.97 Å². The van der Waals surface area contributed by atoms with Gasteiger partial charge in [0.25, 0.3) is 0 Å². The molecule has 31 heavy (non-hydrogen) atoms. The minimum atomic E-state index is -0.194. The zero-order chi connectivity index (χ0) is 22.0. The number of rotatable bonds is 6. The maximum absolute atomic E-state index is 12.6. The molecule has 0 radical (unpaired) electrons. The second-order valence-electron chi connectivity index (χ2n) is 7.34. The van der Waals surface area contributed by atoms with Crippen LogP contribution in [0.4, 0.5) is 5.69 Å². The van der Waals surface area contributed by atoms with Crippen LogP contribution < -0.4 is 5.32 Å². The number of aromatic nitrogens is 2. The number of phenols is 1. The molecular formula is C24H23N3O2S2. The number of hydrogen-bond acceptors (Lipinski definition) is 6. The first-order chi connectivity index (χ1) is 15.0. The molecule has 0 saturated heterocycles. The van der Waals surface area contributed by atoms with Crippen LogP contribution in [0.5, 0.6) is 5.75 Å². The molecule has 0 bridgehead atoms. The first kappa shape index (κ1) is 21.3. The fourth-order valence-electron chi connectivity index (χ4n) is 3.41. The molecule has 4 aromatic rings. The molecule has 2 heterocycles. The number of aryl methyl sites for hydroxylation is 3. The third-order valence-electron chi connectivity index (χ3n) is 4.95. The smallest absolute Gasteiger partial charge is 0.234 e. The standard InChI is InChI=1S/C24H23N3O2S2/c1-4-19-21(16-8-5-14(2)6-9-16)22-23(25-13-26-24(22)31-19)30-12-20(29)27-17-11-15(3)7-10-18(17)28/h5-11,13,28H,4,12H2,1-3H3,(H,27,29). The summed E-state index contributed by atoms with van der Waals surface area (Å²) in [7, 11) is 0. The summed E-state index contributed by atoms with van der Waals surface area (Å²) < 4.78 is 0. The Kier molecular flexibility index (Phi) is 6.25. The monoisotopic (exact) mass is 449 g/mol. The first-order valence-electron chi connectivity index (χ1n) is 10.0. The van der Waals surface area contributed by atoms with Crippen molar-refractivity contribution in [2.45, 2.75) is 32.2 Å². The average Bonchev–Trinajstić information content (AvgIpc) is 3.15. The number of phenolic OH excluding ortho intramolecular Hbond substituents is 1. The zero-order valence-corrected chi connectivity index (χ0v) is 19.2. The molecular weight excluding hydrogens is 426 g/mol. The van der Waals surface area contributed by atoms with Crippen LogP contribution in [0, 0.1) is 13.8 Å². The number of hydrogen-bond donors (Lipinski definition) is 2. The number of benzene rings is 2. The molecule has 7 heteroatoms. The lowest BCUT2D eigenvalue weighted by molar-refractivity contribution is -0.113. The van der Waals surface area contributed by atoms with Crippen molar-refractivity contribution in [3.8, 4) is 16.9 Å². The molecule has 158 valence electrons. The summed E-state index contributed by atoms with van der Waals surface area (Å²) in [6.45, 7) is 6.13. The van der Waals surface area contributed by atoms with Crippen molar-refractivity contribution in [3.05, 3.63) is 64.8 Å². The number of thioether (sulfide) groups is 1. The van der Waals surface area contributed by atoms with Crippen molar-refractivity contribution in [2.24, 2.45) is 0 Å². The minimum Gasteiger partial charge on any atom is -0.506 e. The summed E-state index contributed by atoms with van der Waals surface area (Å²) in [5.74, 6) is 0.0467. The molecule has 0 aliphatic heterocycles. The predicted molar refractivity (Wildman–Crippen MR) is 129 cm³/mol. The number of carbonyl (C=O) groups excluding carboxylic acids is 1. The van der Waals surface area contributed by atoms with Crippen LogP contribution in [0.1, 0.15) is 22.9 Å². The van der Waals surface area contributed by atoms with Gasteiger partial charge in [0.05, 0.1) is 16.8 Å². The maximum Gasteiger partial charge on any atom is 0.234 e. The van der Waals surface area contributed by atoms with E-state index in [0.29, 0.717) is 5.69 Å². The molecule has 0 atom stereocenters. The van der Waals surface area contributed by atoms with Crippen LogP contribution in [0.25, 0.3) is 21.3 Å². The Morgan fingerprint density at radius 3 is 2.58 bits per heavy atom. The number of thiophene rings is 1. The lowest BCUT2D eigenvalue weighted by atomic mass is 10.0. The van der Waals surface area contributed by atoms with Gasteiger partial charge in [0.2, 0.25) is 5.91 Å². The molecule has 4 rings (SSSR count). The summed E-state index contributed by atoms with van der Waals surface area (Å²) in [5.41, 5.74) is 4.89. The lowest BCUT2D eigenvalue weighted by Gasteiger charge is -2.09. The van der Waals surface area contributed by atoms with Gasteiger partial charge in [-0.1, -0.05) is 54.6 Å². The summed E-state index contributed by atoms with van der Waals surface area (Å²) in [6.07, 6.45) is 2.46. The van der Waals surface area contributed by atoms with Crippen LogP contribution in [0.15, 0.2) is 53.8 Å². The van der Waals surface area contributed by atoms with Gasteiger partial charge in [-0.2, -0.15) is 0 Å². The second-order valence-corrected chi connectivity index (χ2v) is 9.38. The van der Waals surface area contributed by atoms with Gasteiger partial charge in [0.15, 0.2) is 0 Å². The van der Waals surface area contributed by atoms with E-state index in [9.17, 15) is 9.90 Å². The van der Waals surface area contributed by atoms with Crippen LogP contribution in [-0.4, -0.2) is 26.7 Å². The Morgan fingerprint density at radius 2 is 1.84 bits per heavy atom. The summed E-state index contributed by atoms with van der Waals surface area (Å²) >= 11 is 3.06. The Balaban J connectivity index is 1.63. The molecule has 5 nitrogen and oxygen atoms in total. The molecule has 0 spiro atoms. The van der Waals surface area contributed by atoms with Gasteiger partial charge in [-0.05, 0) is 43.5 Å². The number of nitrogens with one attached hydrogen (secondary N) is 1. The Labute approximate surface area is 189 Å². The van der Waals surface area contributed by atoms with E-state index in [1.165, 1.54) is 22.2 Å². The Hall–Kier alpha value is -2.90. The second kappa shape index (κ2) is 9.08. The van der Waals surface area contributed by atoms with Gasteiger partial charge in [-0.15, -0.1) is 11.3 Å². The highest BCUT2D eigenvalue weighted by molar-refractivity contribution is 8.00. The highest BCUT2D eigenvalue weighted by Gasteiger charge is 2.19. The average molecular weight is 450 g/mol. The molecule has 0 fully saturated rings. The summed E-state index contributed by atoms with van der Waals surface area (Å²) in [5, 5.41) is 14.6. The predicted octanol–water partition coefficient (Wildman–Crippen LogP) is 5.97. The number of carbonyl (C=O) groups is 1. The molecule has 2 aromatic heterocycles. The molecule has 0 aliphatic carbocycles. The van der Waals surface area contributed by atoms with Crippen molar-refractivity contribution in [3.63, 3.8) is 0 Å². The number of anilines is 1. The van der Waals surface area contributed by atoms with E-state index in [0.717, 1.165) is 38.4 Å². The topological polar surface area (TPSA) is 75.1 Å². The molecule has 2 aromatic carbocycles. The Bertz CT molecular complexity index is 1250. The van der Waals surface area contributed by atoms with Gasteiger partial charge in [-0.3, -0.25) is 4.79 Å². The van der Waals surface area contributed by atoms with Crippen LogP contribution in [0.2, 0.25) is 0 Å². The zero-order valence-electron chi connectivity index (χ0n) is 17.6. The highest BCUT2D eigenvalue weighted by atomic mass is 32.2. The van der Waals surface area contributed by atoms with Crippen LogP contribution in [-0.2, 0) is 11.2 Å². The maximum atomic E-state index is 12.6. The number of aromatic hydroxyl groups is 1. The number of fused-ring (bicyclic) bond motifs is 1. The van der Waals surface area contributed by atoms with Crippen molar-refractivity contribution in [1.82, 2.24) is 9.97 Å². The van der Waals surface area contributed by atoms with Crippen molar-refractivity contribution in [1.29, 1.82) is 0 Å². The van der Waals surface area contributed by atoms with E-state index >= 15 is 0 Å². The van der Waals surface area contributed by atoms with Crippen molar-refractivity contribution >= 4 is 44.9 Å². The molecule has 0 saturated carbocycles. The quantitative estimate of drug-likeness (QED) is 0.215. The van der Waals surface area contributed by atoms with Gasteiger partial charge < -0.3 is 10.4 Å². The largest absolute Gasteiger partial charge is 0.506 e. The van der Waals surface area contributed by atoms with Crippen molar-refractivity contribution in [2.75, 3.05) is 11.1 Å². The van der Waals surface area contributed by atoms with E-state index < -0.39 is 0 Å². The lowest BCUT2D eigenvalue weighted by Crippen LogP contribution is -2.14. The third kappa shape index (κ3) is 4.57. The van der Waals surface area contributed by atoms with Gasteiger partial charge in [0.1, 0.15) is 21.9 Å². The van der Waals surface area contributed by atoms with E-state index in [1.807, 2.05) is 6.92 Å². The molecule has 1 amide bonds. The Morgan fingerprint density at radius 1 is 1.10 bits per heavy atom. The highest BCUT2D eigenvalue weighted by Crippen LogP contribution is 2.42. The third-order valence-corrected chi connectivity index (χ3v) is 7.19. The molecule has 0 aliphatic rings. The van der Waals surface area contributed by atoms with Gasteiger partial charge >= 0.3 is 0 Å². The normalized spacial score (nSPS) is 11.1. The first-order valence-corrected chi connectivity index (χ1v) is 11.8. The fraction of sp³-hybridized carbons (Fsp3) is 0.208. The number of nitrogens with zero attached hydrogens (tertiary/aromatic N) is 2. The van der Waals surface area contributed by atoms with Crippen LogP contribution in [0.3, 0.4) is 0 Å².